The first-order valence-electron chi connectivity index (χ1n) is 1.91. The molecule has 0 saturated heterocycles. The van der Waals surface area contributed by atoms with Gasteiger partial charge in [-0.15, -0.1) is 0 Å². The minimum Gasteiger partial charge on any atom is -0.285 e. The van der Waals surface area contributed by atoms with Crippen LogP contribution >= 0.6 is 0 Å². The normalized spacial score (nSPS) is 11.0. The van der Waals surface area contributed by atoms with Gasteiger partial charge in [-0.1, -0.05) is 0 Å². The van der Waals surface area contributed by atoms with E-state index in [-0.39, 0.29) is 26.2 Å². The van der Waals surface area contributed by atoms with Gasteiger partial charge in [0.1, 0.15) is 0 Å². The molecule has 0 saturated carbocycles. The topological polar surface area (TPSA) is 54.4 Å². The summed E-state index contributed by atoms with van der Waals surface area (Å²) in [7, 11) is -3.74. The van der Waals surface area contributed by atoms with Crippen LogP contribution in [0.1, 0.15) is 13.8 Å². The van der Waals surface area contributed by atoms with Gasteiger partial charge in [-0.05, 0) is 13.8 Å². The van der Waals surface area contributed by atoms with E-state index in [1.54, 1.807) is 0 Å². The third kappa shape index (κ3) is 4.94. The van der Waals surface area contributed by atoms with Crippen LogP contribution in [0.2, 0.25) is 0 Å². The van der Waals surface area contributed by atoms with Crippen LogP contribution in [0.3, 0.4) is 0 Å². The average Bonchev–Trinajstić information content (AvgIpc) is 1.31. The van der Waals surface area contributed by atoms with Gasteiger partial charge in [0, 0.05) is 26.2 Å². The smallest absolute Gasteiger partial charge is 0.267 e. The third-order valence-corrected chi connectivity index (χ3v) is 1.79. The number of rotatable bonds is 1. The predicted molar refractivity (Wildman–Crippen MR) is 32.4 cm³/mol. The van der Waals surface area contributed by atoms with Gasteiger partial charge in [0.05, 0.1) is 5.25 Å². The molecule has 49 valence electrons. The molecule has 0 aliphatic rings. The summed E-state index contributed by atoms with van der Waals surface area (Å²) in [6, 6.07) is 0. The molecule has 0 spiro atoms. The van der Waals surface area contributed by atoms with E-state index in [0.717, 1.165) is 0 Å². The van der Waals surface area contributed by atoms with Crippen LogP contribution in [0.15, 0.2) is 0 Å². The van der Waals surface area contributed by atoms with E-state index in [9.17, 15) is 8.42 Å². The molecule has 0 bridgehead atoms. The first kappa shape index (κ1) is 11.6. The van der Waals surface area contributed by atoms with Gasteiger partial charge in [0.2, 0.25) is 0 Å². The first-order chi connectivity index (χ1) is 2.94. The number of hydrogen-bond donors (Lipinski definition) is 1. The zero-order valence-electron chi connectivity index (χ0n) is 4.70. The Morgan fingerprint density at radius 3 is 1.50 bits per heavy atom. The van der Waals surface area contributed by atoms with Crippen LogP contribution in [0.25, 0.3) is 0 Å². The van der Waals surface area contributed by atoms with Crippen molar-refractivity contribution in [3.63, 3.8) is 0 Å². The molecule has 3 radical (unpaired) electrons. The van der Waals surface area contributed by atoms with Crippen molar-refractivity contribution < 1.29 is 13.0 Å². The maximum atomic E-state index is 9.89. The molecule has 0 aliphatic carbocycles. The van der Waals surface area contributed by atoms with Gasteiger partial charge >= 0.3 is 0 Å². The van der Waals surface area contributed by atoms with Crippen molar-refractivity contribution in [1.29, 1.82) is 0 Å². The standard InChI is InChI=1S/C3H8O3S.Bi/c1-3(2)7(4,5)6;/h3H,1-2H3,(H,4,5,6);. The Kier molecular flexibility index (Phi) is 5.42. The Balaban J connectivity index is 0. The second-order valence-corrected chi connectivity index (χ2v) is 3.54. The molecule has 0 aromatic rings. The summed E-state index contributed by atoms with van der Waals surface area (Å²) in [5.41, 5.74) is 0. The van der Waals surface area contributed by atoms with Crippen LogP contribution in [0.5, 0.6) is 0 Å². The average molecular weight is 333 g/mol. The van der Waals surface area contributed by atoms with E-state index in [1.165, 1.54) is 13.8 Å². The molecule has 5 heteroatoms. The Bertz CT molecular complexity index is 137. The third-order valence-electron chi connectivity index (χ3n) is 0.596. The Labute approximate surface area is 68.3 Å². The van der Waals surface area contributed by atoms with Gasteiger partial charge in [0.15, 0.2) is 0 Å². The van der Waals surface area contributed by atoms with Crippen molar-refractivity contribution in [2.75, 3.05) is 0 Å². The van der Waals surface area contributed by atoms with E-state index >= 15 is 0 Å². The van der Waals surface area contributed by atoms with E-state index in [0.29, 0.717) is 0 Å². The summed E-state index contributed by atoms with van der Waals surface area (Å²) in [5, 5.41) is -0.674. The van der Waals surface area contributed by atoms with Crippen molar-refractivity contribution >= 4 is 36.3 Å². The van der Waals surface area contributed by atoms with Crippen molar-refractivity contribution in [2.24, 2.45) is 0 Å². The molecular weight excluding hydrogens is 325 g/mol. The van der Waals surface area contributed by atoms with Crippen LogP contribution < -0.4 is 0 Å². The SMILES string of the molecule is CC(C)S(=O)(=O)O.[Bi]. The van der Waals surface area contributed by atoms with Crippen LogP contribution in [-0.2, 0) is 10.1 Å². The fourth-order valence-corrected chi connectivity index (χ4v) is 0. The van der Waals surface area contributed by atoms with Crippen molar-refractivity contribution in [1.82, 2.24) is 0 Å². The second kappa shape index (κ2) is 3.75. The second-order valence-electron chi connectivity index (χ2n) is 1.56. The van der Waals surface area contributed by atoms with E-state index in [1.807, 2.05) is 0 Å². The fraction of sp³-hybridized carbons (Fsp3) is 1.00. The minimum absolute atomic E-state index is 0. The molecule has 8 heavy (non-hydrogen) atoms. The Morgan fingerprint density at radius 1 is 1.38 bits per heavy atom. The molecule has 0 aromatic heterocycles. The maximum absolute atomic E-state index is 9.89. The first-order valence-corrected chi connectivity index (χ1v) is 3.41. The summed E-state index contributed by atoms with van der Waals surface area (Å²) in [6.45, 7) is 2.82. The summed E-state index contributed by atoms with van der Waals surface area (Å²) in [4.78, 5) is 0. The van der Waals surface area contributed by atoms with Gasteiger partial charge in [0.25, 0.3) is 10.1 Å². The van der Waals surface area contributed by atoms with Gasteiger partial charge in [-0.2, -0.15) is 8.42 Å². The molecular formula is C3H8BiO3S. The van der Waals surface area contributed by atoms with Crippen molar-refractivity contribution in [2.45, 2.75) is 19.1 Å². The predicted octanol–water partition coefficient (Wildman–Crippen LogP) is -0.0982. The summed E-state index contributed by atoms with van der Waals surface area (Å²) in [6.07, 6.45) is 0. The molecule has 3 nitrogen and oxygen atoms in total. The van der Waals surface area contributed by atoms with Crippen LogP contribution in [0.4, 0.5) is 0 Å². The maximum Gasteiger partial charge on any atom is 0.267 e. The summed E-state index contributed by atoms with van der Waals surface area (Å²) < 4.78 is 27.8. The summed E-state index contributed by atoms with van der Waals surface area (Å²) >= 11 is 0. The van der Waals surface area contributed by atoms with Gasteiger partial charge < -0.3 is 0 Å². The molecule has 0 amide bonds. The molecule has 1 N–H and O–H groups in total. The Morgan fingerprint density at radius 2 is 1.50 bits per heavy atom. The molecule has 0 aromatic carbocycles. The minimum atomic E-state index is -3.74. The van der Waals surface area contributed by atoms with Crippen molar-refractivity contribution in [3.05, 3.63) is 0 Å². The van der Waals surface area contributed by atoms with Crippen LogP contribution in [0, 0.1) is 0 Å². The van der Waals surface area contributed by atoms with E-state index in [4.69, 9.17) is 4.55 Å². The Hall–Kier alpha value is 0.793. The van der Waals surface area contributed by atoms with Crippen LogP contribution in [-0.4, -0.2) is 44.4 Å². The molecule has 0 rings (SSSR count). The largest absolute Gasteiger partial charge is 0.285 e. The quantitative estimate of drug-likeness (QED) is 0.539. The number of hydrogen-bond acceptors (Lipinski definition) is 2. The zero-order chi connectivity index (χ0) is 6.08. The van der Waals surface area contributed by atoms with Gasteiger partial charge in [-0.3, -0.25) is 4.55 Å². The molecule has 0 unspecified atom stereocenters. The molecule has 0 heterocycles. The zero-order valence-corrected chi connectivity index (χ0v) is 8.99. The molecule has 0 fully saturated rings. The van der Waals surface area contributed by atoms with E-state index in [2.05, 4.69) is 0 Å². The van der Waals surface area contributed by atoms with Gasteiger partial charge in [-0.25, -0.2) is 0 Å². The monoisotopic (exact) mass is 333 g/mol. The fourth-order valence-electron chi connectivity index (χ4n) is 0. The van der Waals surface area contributed by atoms with E-state index < -0.39 is 15.4 Å². The molecule has 0 atom stereocenters. The summed E-state index contributed by atoms with van der Waals surface area (Å²) in [5.74, 6) is 0. The van der Waals surface area contributed by atoms with Crippen molar-refractivity contribution in [3.8, 4) is 0 Å². The molecule has 0 aliphatic heterocycles.